The van der Waals surface area contributed by atoms with Gasteiger partial charge in [0, 0.05) is 12.6 Å². The van der Waals surface area contributed by atoms with Crippen molar-refractivity contribution in [2.45, 2.75) is 44.4 Å². The molecule has 2 fully saturated rings. The number of nitriles is 1. The predicted octanol–water partition coefficient (Wildman–Crippen LogP) is 1.42. The smallest absolute Gasteiger partial charge is 0.249 e. The van der Waals surface area contributed by atoms with Crippen molar-refractivity contribution < 1.29 is 14.6 Å². The molecule has 25 heavy (non-hydrogen) atoms. The first-order valence-corrected chi connectivity index (χ1v) is 8.88. The number of carbonyl (C=O) groups excluding carboxylic acids is 1. The summed E-state index contributed by atoms with van der Waals surface area (Å²) < 4.78 is 5.17. The Hall–Kier alpha value is -2.10. The molecule has 1 amide bonds. The van der Waals surface area contributed by atoms with Crippen molar-refractivity contribution in [3.8, 4) is 11.8 Å². The number of carbonyl (C=O) groups is 1. The molecule has 1 atom stereocenters. The third-order valence-corrected chi connectivity index (χ3v) is 5.06. The van der Waals surface area contributed by atoms with Gasteiger partial charge < -0.3 is 15.2 Å². The van der Waals surface area contributed by atoms with E-state index >= 15 is 0 Å². The van der Waals surface area contributed by atoms with Crippen LogP contribution in [0.4, 0.5) is 0 Å². The van der Waals surface area contributed by atoms with Gasteiger partial charge in [-0.3, -0.25) is 9.69 Å². The molecule has 1 saturated heterocycles. The van der Waals surface area contributed by atoms with Gasteiger partial charge >= 0.3 is 0 Å². The van der Waals surface area contributed by atoms with Crippen LogP contribution in [0.5, 0.6) is 5.75 Å². The molecule has 134 valence electrons. The van der Waals surface area contributed by atoms with Crippen molar-refractivity contribution in [3.05, 3.63) is 29.3 Å². The van der Waals surface area contributed by atoms with Crippen LogP contribution in [0.15, 0.2) is 18.2 Å². The Labute approximate surface area is 148 Å². The minimum absolute atomic E-state index is 0.0283. The van der Waals surface area contributed by atoms with Gasteiger partial charge in [0.25, 0.3) is 0 Å². The number of hydrogen-bond acceptors (Lipinski definition) is 5. The molecule has 1 heterocycles. The van der Waals surface area contributed by atoms with E-state index < -0.39 is 6.10 Å². The number of piperidine rings is 1. The number of nitrogens with zero attached hydrogens (tertiary/aromatic N) is 2. The maximum atomic E-state index is 12.0. The lowest BCUT2D eigenvalue weighted by atomic mass is 9.90. The second-order valence-corrected chi connectivity index (χ2v) is 6.99. The van der Waals surface area contributed by atoms with Crippen LogP contribution < -0.4 is 10.1 Å². The predicted molar refractivity (Wildman–Crippen MR) is 92.9 cm³/mol. The molecule has 0 bridgehead atoms. The van der Waals surface area contributed by atoms with Gasteiger partial charge in [-0.15, -0.1) is 0 Å². The minimum atomic E-state index is -0.895. The standard InChI is InChI=1S/C19H25N3O3/c1-25-17-5-2-13(10-15(17)11-20)12-22-8-6-14(7-9-22)18(23)19(24)21-16-3-4-16/h2,5,10,14,16,18,23H,3-4,6-9,12H2,1H3,(H,21,24). The minimum Gasteiger partial charge on any atom is -0.495 e. The van der Waals surface area contributed by atoms with Gasteiger partial charge in [0.2, 0.25) is 5.91 Å². The first-order chi connectivity index (χ1) is 12.1. The van der Waals surface area contributed by atoms with Gasteiger partial charge in [-0.05, 0) is 62.4 Å². The zero-order valence-electron chi connectivity index (χ0n) is 14.6. The maximum Gasteiger partial charge on any atom is 0.249 e. The molecule has 1 saturated carbocycles. The molecule has 1 unspecified atom stereocenters. The Kier molecular flexibility index (Phi) is 5.57. The Morgan fingerprint density at radius 1 is 1.40 bits per heavy atom. The van der Waals surface area contributed by atoms with E-state index in [0.29, 0.717) is 11.3 Å². The molecule has 2 N–H and O–H groups in total. The van der Waals surface area contributed by atoms with Gasteiger partial charge in [-0.25, -0.2) is 0 Å². The SMILES string of the molecule is COc1ccc(CN2CCC(C(O)C(=O)NC3CC3)CC2)cc1C#N. The molecule has 1 aliphatic carbocycles. The van der Waals surface area contributed by atoms with E-state index in [1.807, 2.05) is 18.2 Å². The molecule has 1 aromatic carbocycles. The first-order valence-electron chi connectivity index (χ1n) is 8.88. The fourth-order valence-electron chi connectivity index (χ4n) is 3.35. The summed E-state index contributed by atoms with van der Waals surface area (Å²) in [7, 11) is 1.56. The second-order valence-electron chi connectivity index (χ2n) is 6.99. The molecule has 0 spiro atoms. The average Bonchev–Trinajstić information content (AvgIpc) is 3.45. The number of benzene rings is 1. The normalized spacial score (nSPS) is 19.9. The van der Waals surface area contributed by atoms with Crippen LogP contribution in [0.3, 0.4) is 0 Å². The zero-order chi connectivity index (χ0) is 17.8. The highest BCUT2D eigenvalue weighted by Gasteiger charge is 2.32. The molecule has 1 aliphatic heterocycles. The van der Waals surface area contributed by atoms with Crippen LogP contribution in [0, 0.1) is 17.2 Å². The molecular weight excluding hydrogens is 318 g/mol. The Balaban J connectivity index is 1.50. The van der Waals surface area contributed by atoms with E-state index in [1.54, 1.807) is 7.11 Å². The van der Waals surface area contributed by atoms with E-state index in [9.17, 15) is 15.2 Å². The number of hydrogen-bond donors (Lipinski definition) is 2. The zero-order valence-corrected chi connectivity index (χ0v) is 14.6. The number of aliphatic hydroxyl groups excluding tert-OH is 1. The quantitative estimate of drug-likeness (QED) is 0.816. The Morgan fingerprint density at radius 2 is 2.12 bits per heavy atom. The third kappa shape index (κ3) is 4.50. The van der Waals surface area contributed by atoms with Crippen LogP contribution in [-0.2, 0) is 11.3 Å². The van der Waals surface area contributed by atoms with E-state index in [0.717, 1.165) is 50.9 Å². The van der Waals surface area contributed by atoms with Crippen LogP contribution in [0.1, 0.15) is 36.8 Å². The average molecular weight is 343 g/mol. The Bertz CT molecular complexity index is 658. The first kappa shape index (κ1) is 17.7. The van der Waals surface area contributed by atoms with Gasteiger partial charge in [0.15, 0.2) is 0 Å². The monoisotopic (exact) mass is 343 g/mol. The number of methoxy groups -OCH3 is 1. The van der Waals surface area contributed by atoms with Crippen molar-refractivity contribution in [2.75, 3.05) is 20.2 Å². The highest BCUT2D eigenvalue weighted by molar-refractivity contribution is 5.81. The molecule has 6 heteroatoms. The van der Waals surface area contributed by atoms with Crippen molar-refractivity contribution in [1.29, 1.82) is 5.26 Å². The maximum absolute atomic E-state index is 12.0. The summed E-state index contributed by atoms with van der Waals surface area (Å²) in [5, 5.41) is 22.3. The Morgan fingerprint density at radius 3 is 2.72 bits per heavy atom. The molecule has 2 aliphatic rings. The topological polar surface area (TPSA) is 85.6 Å². The van der Waals surface area contributed by atoms with Gasteiger partial charge in [-0.1, -0.05) is 6.07 Å². The molecule has 6 nitrogen and oxygen atoms in total. The molecule has 0 radical (unpaired) electrons. The lowest BCUT2D eigenvalue weighted by Crippen LogP contribution is -2.44. The van der Waals surface area contributed by atoms with Gasteiger partial charge in [-0.2, -0.15) is 5.26 Å². The highest BCUT2D eigenvalue weighted by atomic mass is 16.5. The van der Waals surface area contributed by atoms with E-state index in [-0.39, 0.29) is 17.9 Å². The van der Waals surface area contributed by atoms with Crippen LogP contribution in [0.25, 0.3) is 0 Å². The number of nitrogens with one attached hydrogen (secondary N) is 1. The van der Waals surface area contributed by atoms with E-state index in [4.69, 9.17) is 4.74 Å². The number of likely N-dealkylation sites (tertiary alicyclic amines) is 1. The molecular formula is C19H25N3O3. The summed E-state index contributed by atoms with van der Waals surface area (Å²) in [4.78, 5) is 14.3. The fraction of sp³-hybridized carbons (Fsp3) is 0.579. The summed E-state index contributed by atoms with van der Waals surface area (Å²) in [6.07, 6.45) is 2.78. The van der Waals surface area contributed by atoms with Crippen molar-refractivity contribution in [3.63, 3.8) is 0 Å². The summed E-state index contributed by atoms with van der Waals surface area (Å²) >= 11 is 0. The summed E-state index contributed by atoms with van der Waals surface area (Å²) in [6, 6.07) is 8.11. The summed E-state index contributed by atoms with van der Waals surface area (Å²) in [5.74, 6) is 0.407. The lowest BCUT2D eigenvalue weighted by molar-refractivity contribution is -0.133. The summed E-state index contributed by atoms with van der Waals surface area (Å²) in [6.45, 7) is 2.44. The molecule has 3 rings (SSSR count). The van der Waals surface area contributed by atoms with E-state index in [1.165, 1.54) is 0 Å². The number of ether oxygens (including phenoxy) is 1. The van der Waals surface area contributed by atoms with Crippen molar-refractivity contribution >= 4 is 5.91 Å². The van der Waals surface area contributed by atoms with Crippen LogP contribution in [0.2, 0.25) is 0 Å². The van der Waals surface area contributed by atoms with Crippen LogP contribution >= 0.6 is 0 Å². The highest BCUT2D eigenvalue weighted by Crippen LogP contribution is 2.25. The number of rotatable bonds is 6. The van der Waals surface area contributed by atoms with Gasteiger partial charge in [0.1, 0.15) is 17.9 Å². The van der Waals surface area contributed by atoms with E-state index in [2.05, 4.69) is 16.3 Å². The van der Waals surface area contributed by atoms with Crippen molar-refractivity contribution in [2.24, 2.45) is 5.92 Å². The third-order valence-electron chi connectivity index (χ3n) is 5.06. The van der Waals surface area contributed by atoms with Gasteiger partial charge in [0.05, 0.1) is 12.7 Å². The number of aliphatic hydroxyl groups is 1. The van der Waals surface area contributed by atoms with Crippen molar-refractivity contribution in [1.82, 2.24) is 10.2 Å². The molecule has 0 aromatic heterocycles. The fourth-order valence-corrected chi connectivity index (χ4v) is 3.35. The van der Waals surface area contributed by atoms with Crippen LogP contribution in [-0.4, -0.2) is 48.3 Å². The lowest BCUT2D eigenvalue weighted by Gasteiger charge is -2.33. The summed E-state index contributed by atoms with van der Waals surface area (Å²) in [5.41, 5.74) is 1.62. The largest absolute Gasteiger partial charge is 0.495 e. The molecule has 1 aromatic rings. The number of amides is 1. The second kappa shape index (κ2) is 7.85.